The van der Waals surface area contributed by atoms with Gasteiger partial charge in [-0.15, -0.1) is 0 Å². The molecule has 0 aliphatic carbocycles. The quantitative estimate of drug-likeness (QED) is 0.0736. The average Bonchev–Trinajstić information content (AvgIpc) is 2.89. The van der Waals surface area contributed by atoms with Gasteiger partial charge in [0.2, 0.25) is 0 Å². The number of hydrogen-bond donors (Lipinski definition) is 1. The van der Waals surface area contributed by atoms with Crippen molar-refractivity contribution in [2.75, 3.05) is 13.2 Å². The molecule has 1 atom stereocenters. The van der Waals surface area contributed by atoms with Crippen molar-refractivity contribution in [2.45, 2.75) is 181 Å². The van der Waals surface area contributed by atoms with E-state index in [0.717, 1.165) is 43.9 Å². The lowest BCUT2D eigenvalue weighted by Gasteiger charge is -2.12. The van der Waals surface area contributed by atoms with Gasteiger partial charge >= 0.3 is 11.9 Å². The third kappa shape index (κ3) is 31.3. The zero-order valence-corrected chi connectivity index (χ0v) is 26.5. The Kier molecular flexibility index (Phi) is 27.6. The van der Waals surface area contributed by atoms with Crippen LogP contribution in [-0.2, 0) is 19.1 Å². The minimum Gasteiger partial charge on any atom is -0.463 e. The summed E-state index contributed by atoms with van der Waals surface area (Å²) >= 11 is 0. The molecule has 0 rings (SSSR count). The highest BCUT2D eigenvalue weighted by molar-refractivity contribution is 5.69. The molecule has 0 heterocycles. The Morgan fingerprint density at radius 3 is 1.00 bits per heavy atom. The van der Waals surface area contributed by atoms with Crippen LogP contribution in [-0.4, -0.2) is 36.4 Å². The molecular weight excluding hydrogens is 488 g/mol. The molecule has 0 aromatic rings. The summed E-state index contributed by atoms with van der Waals surface area (Å²) in [7, 11) is 0. The van der Waals surface area contributed by atoms with Gasteiger partial charge in [-0.2, -0.15) is 0 Å². The maximum absolute atomic E-state index is 11.9. The molecule has 0 aromatic heterocycles. The van der Waals surface area contributed by atoms with Crippen LogP contribution in [0.3, 0.4) is 0 Å². The number of ether oxygens (including phenoxy) is 2. The summed E-state index contributed by atoms with van der Waals surface area (Å²) in [6.07, 6.45) is 25.8. The largest absolute Gasteiger partial charge is 0.463 e. The van der Waals surface area contributed by atoms with Crippen LogP contribution in [0, 0.1) is 11.8 Å². The summed E-state index contributed by atoms with van der Waals surface area (Å²) in [5.74, 6) is 1.08. The van der Waals surface area contributed by atoms with Crippen LogP contribution in [0.5, 0.6) is 0 Å². The van der Waals surface area contributed by atoms with Gasteiger partial charge in [-0.3, -0.25) is 9.59 Å². The van der Waals surface area contributed by atoms with Gasteiger partial charge in [0.25, 0.3) is 0 Å². The number of rotatable bonds is 29. The third-order valence-corrected chi connectivity index (χ3v) is 7.45. The van der Waals surface area contributed by atoms with Gasteiger partial charge in [-0.05, 0) is 24.7 Å². The van der Waals surface area contributed by atoms with E-state index in [-0.39, 0.29) is 25.2 Å². The fourth-order valence-electron chi connectivity index (χ4n) is 4.87. The Balaban J connectivity index is 3.42. The maximum Gasteiger partial charge on any atom is 0.305 e. The van der Waals surface area contributed by atoms with E-state index in [9.17, 15) is 14.7 Å². The number of carbonyl (C=O) groups is 2. The van der Waals surface area contributed by atoms with Gasteiger partial charge in [0.05, 0.1) is 0 Å². The van der Waals surface area contributed by atoms with Gasteiger partial charge in [0.1, 0.15) is 19.3 Å². The summed E-state index contributed by atoms with van der Waals surface area (Å²) in [6, 6.07) is 0. The summed E-state index contributed by atoms with van der Waals surface area (Å²) in [5, 5.41) is 9.95. The molecule has 0 spiro atoms. The van der Waals surface area contributed by atoms with Gasteiger partial charge < -0.3 is 14.6 Å². The molecule has 0 aliphatic heterocycles. The second-order valence-electron chi connectivity index (χ2n) is 12.6. The second kappa shape index (κ2) is 28.4. The number of carbonyl (C=O) groups excluding carboxylic acids is 2. The lowest BCUT2D eigenvalue weighted by atomic mass is 10.0. The van der Waals surface area contributed by atoms with E-state index in [4.69, 9.17) is 9.47 Å². The molecule has 5 nitrogen and oxygen atoms in total. The lowest BCUT2D eigenvalue weighted by Crippen LogP contribution is -2.25. The molecule has 0 aromatic carbocycles. The number of aliphatic hydroxyl groups is 1. The zero-order chi connectivity index (χ0) is 29.0. The lowest BCUT2D eigenvalue weighted by molar-refractivity contribution is -0.152. The predicted molar refractivity (Wildman–Crippen MR) is 164 cm³/mol. The van der Waals surface area contributed by atoms with Gasteiger partial charge in [0.15, 0.2) is 0 Å². The Bertz CT molecular complexity index is 546. The van der Waals surface area contributed by atoms with Crippen LogP contribution >= 0.6 is 0 Å². The van der Waals surface area contributed by atoms with Crippen LogP contribution in [0.4, 0.5) is 0 Å². The van der Waals surface area contributed by atoms with Gasteiger partial charge in [-0.25, -0.2) is 0 Å². The summed E-state index contributed by atoms with van der Waals surface area (Å²) in [5.41, 5.74) is 0. The van der Waals surface area contributed by atoms with E-state index < -0.39 is 6.10 Å². The van der Waals surface area contributed by atoms with Crippen molar-refractivity contribution in [3.8, 4) is 0 Å². The first-order chi connectivity index (χ1) is 18.8. The minimum atomic E-state index is -0.955. The molecule has 232 valence electrons. The predicted octanol–water partition coefficient (Wildman–Crippen LogP) is 9.72. The molecule has 0 saturated carbocycles. The molecule has 5 heteroatoms. The summed E-state index contributed by atoms with van der Waals surface area (Å²) < 4.78 is 10.3. The van der Waals surface area contributed by atoms with Crippen LogP contribution < -0.4 is 0 Å². The monoisotopic (exact) mass is 554 g/mol. The van der Waals surface area contributed by atoms with E-state index in [0.29, 0.717) is 12.8 Å². The molecule has 0 unspecified atom stereocenters. The topological polar surface area (TPSA) is 72.8 Å². The average molecular weight is 555 g/mol. The third-order valence-electron chi connectivity index (χ3n) is 7.45. The first-order valence-electron chi connectivity index (χ1n) is 16.8. The number of hydrogen-bond acceptors (Lipinski definition) is 5. The number of unbranched alkanes of at least 4 members (excludes halogenated alkanes) is 17. The molecule has 0 fully saturated rings. The fourth-order valence-corrected chi connectivity index (χ4v) is 4.87. The van der Waals surface area contributed by atoms with Crippen LogP contribution in [0.15, 0.2) is 0 Å². The van der Waals surface area contributed by atoms with E-state index in [1.54, 1.807) is 0 Å². The van der Waals surface area contributed by atoms with Crippen molar-refractivity contribution in [3.05, 3.63) is 0 Å². The number of aliphatic hydroxyl groups excluding tert-OH is 1. The standard InChI is InChI=1S/C34H66O5/c1-30(2)24-20-16-12-8-6-5-7-9-14-18-22-26-33(36)38-28-32(35)29-39-34(37)27-23-19-15-11-10-13-17-21-25-31(3)4/h30-32,35H,5-29H2,1-4H3/t32-/m1/s1. The smallest absolute Gasteiger partial charge is 0.305 e. The highest BCUT2D eigenvalue weighted by Gasteiger charge is 2.12. The first kappa shape index (κ1) is 37.9. The molecule has 0 aliphatic rings. The zero-order valence-electron chi connectivity index (χ0n) is 26.5. The van der Waals surface area contributed by atoms with Crippen LogP contribution in [0.25, 0.3) is 0 Å². The van der Waals surface area contributed by atoms with Crippen molar-refractivity contribution in [3.63, 3.8) is 0 Å². The highest BCUT2D eigenvalue weighted by Crippen LogP contribution is 2.15. The Morgan fingerprint density at radius 1 is 0.462 bits per heavy atom. The Labute approximate surface area is 242 Å². The van der Waals surface area contributed by atoms with E-state index in [1.165, 1.54) is 103 Å². The Hall–Kier alpha value is -1.10. The van der Waals surface area contributed by atoms with Crippen molar-refractivity contribution in [1.82, 2.24) is 0 Å². The van der Waals surface area contributed by atoms with E-state index in [2.05, 4.69) is 27.7 Å². The molecule has 1 N–H and O–H groups in total. The molecule has 0 bridgehead atoms. The molecule has 0 saturated heterocycles. The van der Waals surface area contributed by atoms with Crippen molar-refractivity contribution in [1.29, 1.82) is 0 Å². The summed E-state index contributed by atoms with van der Waals surface area (Å²) in [6.45, 7) is 8.94. The molecule has 39 heavy (non-hydrogen) atoms. The number of esters is 2. The fraction of sp³-hybridized carbons (Fsp3) is 0.941. The normalized spacial score (nSPS) is 12.3. The van der Waals surface area contributed by atoms with Crippen molar-refractivity contribution < 1.29 is 24.2 Å². The van der Waals surface area contributed by atoms with Gasteiger partial charge in [0, 0.05) is 12.8 Å². The van der Waals surface area contributed by atoms with Crippen LogP contribution in [0.1, 0.15) is 175 Å². The maximum atomic E-state index is 11.9. The summed E-state index contributed by atoms with van der Waals surface area (Å²) in [4.78, 5) is 23.8. The second-order valence-corrected chi connectivity index (χ2v) is 12.6. The van der Waals surface area contributed by atoms with Crippen molar-refractivity contribution >= 4 is 11.9 Å². The van der Waals surface area contributed by atoms with Gasteiger partial charge in [-0.1, -0.05) is 150 Å². The van der Waals surface area contributed by atoms with E-state index >= 15 is 0 Å². The van der Waals surface area contributed by atoms with E-state index in [1.807, 2.05) is 0 Å². The molecular formula is C34H66O5. The molecule has 0 amide bonds. The molecule has 0 radical (unpaired) electrons. The SMILES string of the molecule is CC(C)CCCCCCCCCCCCCC(=O)OC[C@@H](O)COC(=O)CCCCCCCCCCC(C)C. The minimum absolute atomic E-state index is 0.110. The van der Waals surface area contributed by atoms with Crippen molar-refractivity contribution in [2.24, 2.45) is 11.8 Å². The first-order valence-corrected chi connectivity index (χ1v) is 16.8. The Morgan fingerprint density at radius 2 is 0.718 bits per heavy atom. The van der Waals surface area contributed by atoms with Crippen LogP contribution in [0.2, 0.25) is 0 Å². The highest BCUT2D eigenvalue weighted by atomic mass is 16.6.